The molecule has 0 fully saturated rings. The molecule has 0 amide bonds. The Morgan fingerprint density at radius 2 is 0.915 bits per heavy atom. The standard InChI is InChI=1S/C43H26N4/c44-27-28-12-11-21-38-41(28)35-24-25-39-42(34-18-8-10-20-37(34)45(39)29-13-3-1-4-14-29)43(35)47(38)31-22-23-33-32-17-7-9-19-36(32)46(40(33)26-31)30-15-5-2-6-16-30/h1-26H. The van der Waals surface area contributed by atoms with Crippen LogP contribution in [0, 0.1) is 11.3 Å². The minimum atomic E-state index is 0.678. The van der Waals surface area contributed by atoms with E-state index < -0.39 is 0 Å². The zero-order chi connectivity index (χ0) is 31.1. The average Bonchev–Trinajstić information content (AvgIpc) is 3.77. The molecule has 0 N–H and O–H groups in total. The van der Waals surface area contributed by atoms with E-state index in [9.17, 15) is 5.26 Å². The van der Waals surface area contributed by atoms with Gasteiger partial charge >= 0.3 is 0 Å². The number of hydrogen-bond acceptors (Lipinski definition) is 1. The number of hydrogen-bond donors (Lipinski definition) is 0. The summed E-state index contributed by atoms with van der Waals surface area (Å²) in [5.74, 6) is 0. The van der Waals surface area contributed by atoms with Crippen molar-refractivity contribution in [2.24, 2.45) is 0 Å². The van der Waals surface area contributed by atoms with Crippen LogP contribution in [-0.2, 0) is 0 Å². The molecular weight excluding hydrogens is 573 g/mol. The highest BCUT2D eigenvalue weighted by Gasteiger charge is 2.23. The fourth-order valence-corrected chi connectivity index (χ4v) is 7.78. The first-order chi connectivity index (χ1) is 23.3. The molecule has 0 saturated carbocycles. The molecule has 3 aromatic heterocycles. The highest BCUT2D eigenvalue weighted by atomic mass is 15.0. The molecule has 0 bridgehead atoms. The van der Waals surface area contributed by atoms with Crippen LogP contribution in [0.3, 0.4) is 0 Å². The van der Waals surface area contributed by atoms with Crippen LogP contribution in [0.5, 0.6) is 0 Å². The third-order valence-electron chi connectivity index (χ3n) is 9.65. The van der Waals surface area contributed by atoms with Gasteiger partial charge in [0.05, 0.1) is 44.7 Å². The SMILES string of the molecule is N#Cc1cccc2c1c1ccc3c(c4ccccc4n3-c3ccccc3)c1n2-c1ccc2c3ccccc3n(-c3ccccc3)c2c1. The first-order valence-electron chi connectivity index (χ1n) is 15.9. The van der Waals surface area contributed by atoms with Gasteiger partial charge in [-0.25, -0.2) is 0 Å². The highest BCUT2D eigenvalue weighted by molar-refractivity contribution is 6.27. The van der Waals surface area contributed by atoms with Gasteiger partial charge in [-0.05, 0) is 66.7 Å². The summed E-state index contributed by atoms with van der Waals surface area (Å²) in [5.41, 5.74) is 10.7. The highest BCUT2D eigenvalue weighted by Crippen LogP contribution is 2.43. The Labute approximate surface area is 270 Å². The van der Waals surface area contributed by atoms with Crippen LogP contribution in [-0.4, -0.2) is 13.7 Å². The van der Waals surface area contributed by atoms with Crippen molar-refractivity contribution in [3.05, 3.63) is 163 Å². The fraction of sp³-hybridized carbons (Fsp3) is 0. The van der Waals surface area contributed by atoms with E-state index in [4.69, 9.17) is 0 Å². The lowest BCUT2D eigenvalue weighted by atomic mass is 10.0. The van der Waals surface area contributed by atoms with Gasteiger partial charge in [0, 0.05) is 49.4 Å². The zero-order valence-corrected chi connectivity index (χ0v) is 25.3. The molecule has 0 aliphatic heterocycles. The second kappa shape index (κ2) is 9.71. The van der Waals surface area contributed by atoms with E-state index in [0.717, 1.165) is 55.4 Å². The minimum absolute atomic E-state index is 0.678. The normalized spacial score (nSPS) is 11.8. The Hall–Kier alpha value is -6.57. The van der Waals surface area contributed by atoms with Crippen LogP contribution in [0.1, 0.15) is 5.56 Å². The van der Waals surface area contributed by atoms with Crippen LogP contribution >= 0.6 is 0 Å². The van der Waals surface area contributed by atoms with Crippen molar-refractivity contribution in [1.82, 2.24) is 13.7 Å². The summed E-state index contributed by atoms with van der Waals surface area (Å²) in [4.78, 5) is 0. The van der Waals surface area contributed by atoms with E-state index in [2.05, 4.69) is 165 Å². The molecule has 0 aliphatic rings. The van der Waals surface area contributed by atoms with Crippen LogP contribution in [0.4, 0.5) is 0 Å². The van der Waals surface area contributed by atoms with Crippen LogP contribution in [0.25, 0.3) is 82.5 Å². The van der Waals surface area contributed by atoms with E-state index in [1.807, 2.05) is 12.1 Å². The van der Waals surface area contributed by atoms with Crippen LogP contribution in [0.15, 0.2) is 158 Å². The summed E-state index contributed by atoms with van der Waals surface area (Å²) in [5, 5.41) is 17.2. The molecule has 0 unspecified atom stereocenters. The number of para-hydroxylation sites is 4. The number of benzene rings is 7. The third-order valence-corrected chi connectivity index (χ3v) is 9.65. The first kappa shape index (κ1) is 25.7. The first-order valence-corrected chi connectivity index (χ1v) is 15.9. The molecule has 0 atom stereocenters. The fourth-order valence-electron chi connectivity index (χ4n) is 7.78. The Morgan fingerprint density at radius 1 is 0.362 bits per heavy atom. The summed E-state index contributed by atoms with van der Waals surface area (Å²) in [6, 6.07) is 58.2. The number of nitrogens with zero attached hydrogens (tertiary/aromatic N) is 4. The van der Waals surface area contributed by atoms with Crippen molar-refractivity contribution in [3.63, 3.8) is 0 Å². The maximum Gasteiger partial charge on any atom is 0.0998 e. The topological polar surface area (TPSA) is 38.6 Å². The third kappa shape index (κ3) is 3.51. The van der Waals surface area contributed by atoms with Crippen molar-refractivity contribution in [2.45, 2.75) is 0 Å². The van der Waals surface area contributed by atoms with E-state index in [1.54, 1.807) is 0 Å². The summed E-state index contributed by atoms with van der Waals surface area (Å²) < 4.78 is 7.09. The van der Waals surface area contributed by atoms with Crippen molar-refractivity contribution in [1.29, 1.82) is 5.26 Å². The maximum absolute atomic E-state index is 10.3. The quantitative estimate of drug-likeness (QED) is 0.199. The van der Waals surface area contributed by atoms with Gasteiger partial charge in [0.25, 0.3) is 0 Å². The molecule has 3 heterocycles. The van der Waals surface area contributed by atoms with E-state index in [1.165, 1.54) is 27.1 Å². The molecule has 4 heteroatoms. The van der Waals surface area contributed by atoms with Gasteiger partial charge in [-0.15, -0.1) is 0 Å². The predicted molar refractivity (Wildman–Crippen MR) is 194 cm³/mol. The summed E-state index contributed by atoms with van der Waals surface area (Å²) in [6.07, 6.45) is 0. The number of nitriles is 1. The molecule has 0 aliphatic carbocycles. The molecule has 7 aromatic carbocycles. The average molecular weight is 599 g/mol. The van der Waals surface area contributed by atoms with Gasteiger partial charge in [0.2, 0.25) is 0 Å². The Balaban J connectivity index is 1.40. The summed E-state index contributed by atoms with van der Waals surface area (Å²) in [7, 11) is 0. The molecule has 0 spiro atoms. The summed E-state index contributed by atoms with van der Waals surface area (Å²) >= 11 is 0. The van der Waals surface area contributed by atoms with Gasteiger partial charge in [-0.1, -0.05) is 91.0 Å². The molecule has 10 aromatic rings. The number of aromatic nitrogens is 3. The largest absolute Gasteiger partial charge is 0.309 e. The predicted octanol–water partition coefficient (Wildman–Crippen LogP) is 10.8. The molecule has 4 nitrogen and oxygen atoms in total. The molecule has 0 saturated heterocycles. The molecule has 0 radical (unpaired) electrons. The van der Waals surface area contributed by atoms with Crippen molar-refractivity contribution >= 4 is 65.4 Å². The Morgan fingerprint density at radius 3 is 1.64 bits per heavy atom. The zero-order valence-electron chi connectivity index (χ0n) is 25.3. The maximum atomic E-state index is 10.3. The van der Waals surface area contributed by atoms with E-state index in [-0.39, 0.29) is 0 Å². The minimum Gasteiger partial charge on any atom is -0.309 e. The van der Waals surface area contributed by atoms with Gasteiger partial charge in [0.1, 0.15) is 0 Å². The molecule has 218 valence electrons. The van der Waals surface area contributed by atoms with Crippen LogP contribution in [0.2, 0.25) is 0 Å². The van der Waals surface area contributed by atoms with Gasteiger partial charge in [0.15, 0.2) is 0 Å². The van der Waals surface area contributed by atoms with Crippen LogP contribution < -0.4 is 0 Å². The monoisotopic (exact) mass is 598 g/mol. The molecular formula is C43H26N4. The lowest BCUT2D eigenvalue weighted by Gasteiger charge is -2.12. The van der Waals surface area contributed by atoms with Gasteiger partial charge in [-0.3, -0.25) is 0 Å². The number of fused-ring (bicyclic) bond motifs is 10. The smallest absolute Gasteiger partial charge is 0.0998 e. The van der Waals surface area contributed by atoms with Gasteiger partial charge < -0.3 is 13.7 Å². The van der Waals surface area contributed by atoms with Crippen molar-refractivity contribution in [3.8, 4) is 23.1 Å². The molecule has 47 heavy (non-hydrogen) atoms. The van der Waals surface area contributed by atoms with E-state index in [0.29, 0.717) is 5.56 Å². The summed E-state index contributed by atoms with van der Waals surface area (Å²) in [6.45, 7) is 0. The lowest BCUT2D eigenvalue weighted by Crippen LogP contribution is -1.97. The van der Waals surface area contributed by atoms with Crippen molar-refractivity contribution in [2.75, 3.05) is 0 Å². The second-order valence-corrected chi connectivity index (χ2v) is 12.1. The number of rotatable bonds is 3. The van der Waals surface area contributed by atoms with Gasteiger partial charge in [-0.2, -0.15) is 5.26 Å². The van der Waals surface area contributed by atoms with Crippen molar-refractivity contribution < 1.29 is 0 Å². The Bertz CT molecular complexity index is 2900. The van der Waals surface area contributed by atoms with E-state index >= 15 is 0 Å². The molecule has 10 rings (SSSR count). The lowest BCUT2D eigenvalue weighted by molar-refractivity contribution is 1.16. The second-order valence-electron chi connectivity index (χ2n) is 12.1. The Kier molecular flexibility index (Phi) is 5.32.